The summed E-state index contributed by atoms with van der Waals surface area (Å²) in [5.41, 5.74) is 8.53. The van der Waals surface area contributed by atoms with Crippen LogP contribution in [0.15, 0.2) is 58.2 Å². The largest absolute Gasteiger partial charge is 0.369 e. The summed E-state index contributed by atoms with van der Waals surface area (Å²) in [7, 11) is 3.22. The zero-order valence-electron chi connectivity index (χ0n) is 15.6. The van der Waals surface area contributed by atoms with Crippen molar-refractivity contribution in [2.24, 2.45) is 10.7 Å². The van der Waals surface area contributed by atoms with Crippen LogP contribution < -0.4 is 5.73 Å². The molecule has 0 fully saturated rings. The van der Waals surface area contributed by atoms with Gasteiger partial charge in [-0.25, -0.2) is 0 Å². The van der Waals surface area contributed by atoms with Gasteiger partial charge in [0.05, 0.1) is 17.6 Å². The van der Waals surface area contributed by atoms with Crippen LogP contribution in [0.4, 0.5) is 0 Å². The SMILES string of the molecule is CN=C(N)N(C)C(=O)[C@H](Cc1cc(-c2cccc(C#N)c2)cs1)c1cccs1. The Morgan fingerprint density at radius 1 is 1.25 bits per heavy atom. The number of guanidine groups is 1. The first-order valence-corrected chi connectivity index (χ1v) is 10.4. The molecule has 1 atom stereocenters. The minimum atomic E-state index is -0.317. The summed E-state index contributed by atoms with van der Waals surface area (Å²) < 4.78 is 0. The van der Waals surface area contributed by atoms with Crippen LogP contribution in [0.1, 0.15) is 21.2 Å². The third kappa shape index (κ3) is 4.30. The standard InChI is InChI=1S/C21H20N4OS2/c1-24-21(23)25(2)20(26)18(19-7-4-8-27-19)11-17-10-16(13-28-17)15-6-3-5-14(9-15)12-22/h3-10,13,18H,11H2,1-2H3,(H2,23,24)/t18-/m1/s1. The maximum Gasteiger partial charge on any atom is 0.237 e. The van der Waals surface area contributed by atoms with E-state index in [0.717, 1.165) is 20.9 Å². The lowest BCUT2D eigenvalue weighted by Gasteiger charge is -2.22. The van der Waals surface area contributed by atoms with Crippen LogP contribution in [0, 0.1) is 11.3 Å². The highest BCUT2D eigenvalue weighted by atomic mass is 32.1. The van der Waals surface area contributed by atoms with E-state index in [-0.39, 0.29) is 17.8 Å². The molecule has 7 heteroatoms. The smallest absolute Gasteiger partial charge is 0.237 e. The maximum absolute atomic E-state index is 13.0. The zero-order valence-corrected chi connectivity index (χ0v) is 17.3. The minimum Gasteiger partial charge on any atom is -0.369 e. The Morgan fingerprint density at radius 2 is 2.07 bits per heavy atom. The van der Waals surface area contributed by atoms with Crippen molar-refractivity contribution in [1.82, 2.24) is 4.90 Å². The molecule has 0 unspecified atom stereocenters. The van der Waals surface area contributed by atoms with Crippen LogP contribution in [-0.4, -0.2) is 30.9 Å². The fraction of sp³-hybridized carbons (Fsp3) is 0.190. The van der Waals surface area contributed by atoms with E-state index in [4.69, 9.17) is 11.0 Å². The van der Waals surface area contributed by atoms with Gasteiger partial charge in [0.1, 0.15) is 0 Å². The molecule has 0 saturated carbocycles. The summed E-state index contributed by atoms with van der Waals surface area (Å²) >= 11 is 3.18. The topological polar surface area (TPSA) is 82.5 Å². The molecule has 0 saturated heterocycles. The average molecular weight is 409 g/mol. The predicted octanol–water partition coefficient (Wildman–Crippen LogP) is 4.08. The lowest BCUT2D eigenvalue weighted by molar-refractivity contribution is -0.128. The number of rotatable bonds is 5. The van der Waals surface area contributed by atoms with E-state index in [1.165, 1.54) is 4.90 Å². The Bertz CT molecular complexity index is 1030. The number of nitriles is 1. The molecule has 1 aromatic carbocycles. The lowest BCUT2D eigenvalue weighted by Crippen LogP contribution is -2.41. The highest BCUT2D eigenvalue weighted by Crippen LogP contribution is 2.32. The van der Waals surface area contributed by atoms with Gasteiger partial charge in [0.25, 0.3) is 0 Å². The number of carbonyl (C=O) groups excluding carboxylic acids is 1. The first-order chi connectivity index (χ1) is 13.5. The van der Waals surface area contributed by atoms with Crippen molar-refractivity contribution in [3.05, 3.63) is 68.5 Å². The number of thiophene rings is 2. The molecule has 0 aliphatic rings. The zero-order chi connectivity index (χ0) is 20.1. The Hall–Kier alpha value is -2.95. The van der Waals surface area contributed by atoms with Gasteiger partial charge in [-0.1, -0.05) is 18.2 Å². The number of benzene rings is 1. The molecule has 0 aliphatic carbocycles. The quantitative estimate of drug-likeness (QED) is 0.510. The van der Waals surface area contributed by atoms with Crippen molar-refractivity contribution in [2.75, 3.05) is 14.1 Å². The number of hydrogen-bond donors (Lipinski definition) is 1. The molecule has 2 aromatic heterocycles. The number of aliphatic imine (C=N–C) groups is 1. The number of nitrogens with zero attached hydrogens (tertiary/aromatic N) is 3. The van der Waals surface area contributed by atoms with E-state index in [0.29, 0.717) is 12.0 Å². The Kier molecular flexibility index (Phi) is 6.24. The normalized spacial score (nSPS) is 12.4. The van der Waals surface area contributed by atoms with Crippen LogP contribution in [-0.2, 0) is 11.2 Å². The van der Waals surface area contributed by atoms with Gasteiger partial charge < -0.3 is 5.73 Å². The van der Waals surface area contributed by atoms with E-state index in [1.807, 2.05) is 35.7 Å². The molecule has 1 amide bonds. The van der Waals surface area contributed by atoms with Crippen LogP contribution >= 0.6 is 22.7 Å². The lowest BCUT2D eigenvalue weighted by atomic mass is 9.99. The molecular formula is C21H20N4OS2. The molecule has 3 rings (SSSR count). The summed E-state index contributed by atoms with van der Waals surface area (Å²) in [5, 5.41) is 13.1. The molecule has 5 nitrogen and oxygen atoms in total. The molecule has 3 aromatic rings. The molecule has 2 heterocycles. The molecule has 0 aliphatic heterocycles. The Balaban J connectivity index is 1.87. The fourth-order valence-electron chi connectivity index (χ4n) is 2.90. The summed E-state index contributed by atoms with van der Waals surface area (Å²) in [6.45, 7) is 0. The van der Waals surface area contributed by atoms with E-state index >= 15 is 0 Å². The molecule has 28 heavy (non-hydrogen) atoms. The van der Waals surface area contributed by atoms with Crippen molar-refractivity contribution >= 4 is 34.5 Å². The minimum absolute atomic E-state index is 0.0769. The van der Waals surface area contributed by atoms with Crippen molar-refractivity contribution < 1.29 is 4.79 Å². The number of nitrogens with two attached hydrogens (primary N) is 1. The second kappa shape index (κ2) is 8.83. The van der Waals surface area contributed by atoms with Gasteiger partial charge in [0.2, 0.25) is 5.91 Å². The summed E-state index contributed by atoms with van der Waals surface area (Å²) in [4.78, 5) is 20.5. The van der Waals surface area contributed by atoms with E-state index in [2.05, 4.69) is 22.5 Å². The third-order valence-corrected chi connectivity index (χ3v) is 6.42. The van der Waals surface area contributed by atoms with Crippen LogP contribution in [0.25, 0.3) is 11.1 Å². The van der Waals surface area contributed by atoms with Gasteiger partial charge in [-0.15, -0.1) is 22.7 Å². The molecule has 0 bridgehead atoms. The van der Waals surface area contributed by atoms with Gasteiger partial charge in [-0.3, -0.25) is 14.7 Å². The summed E-state index contributed by atoms with van der Waals surface area (Å²) in [6.07, 6.45) is 0.587. The van der Waals surface area contributed by atoms with Gasteiger partial charge in [-0.2, -0.15) is 5.26 Å². The van der Waals surface area contributed by atoms with Crippen LogP contribution in [0.5, 0.6) is 0 Å². The second-order valence-electron chi connectivity index (χ2n) is 6.25. The van der Waals surface area contributed by atoms with Crippen molar-refractivity contribution in [2.45, 2.75) is 12.3 Å². The first-order valence-electron chi connectivity index (χ1n) is 8.64. The average Bonchev–Trinajstić information content (AvgIpc) is 3.42. The highest BCUT2D eigenvalue weighted by Gasteiger charge is 2.27. The maximum atomic E-state index is 13.0. The monoisotopic (exact) mass is 408 g/mol. The van der Waals surface area contributed by atoms with E-state index in [9.17, 15) is 4.79 Å². The van der Waals surface area contributed by atoms with E-state index < -0.39 is 0 Å². The highest BCUT2D eigenvalue weighted by molar-refractivity contribution is 7.10. The van der Waals surface area contributed by atoms with Crippen LogP contribution in [0.2, 0.25) is 0 Å². The van der Waals surface area contributed by atoms with Gasteiger partial charge in [0.15, 0.2) is 5.96 Å². The Morgan fingerprint density at radius 3 is 2.75 bits per heavy atom. The summed E-state index contributed by atoms with van der Waals surface area (Å²) in [5.74, 6) is -0.194. The number of carbonyl (C=O) groups is 1. The molecular weight excluding hydrogens is 388 g/mol. The molecule has 0 radical (unpaired) electrons. The molecule has 142 valence electrons. The first kappa shape index (κ1) is 19.8. The van der Waals surface area contributed by atoms with Crippen molar-refractivity contribution in [3.8, 4) is 17.2 Å². The number of hydrogen-bond acceptors (Lipinski definition) is 5. The van der Waals surface area contributed by atoms with Gasteiger partial charge in [-0.05, 0) is 52.6 Å². The van der Waals surface area contributed by atoms with Gasteiger partial charge in [0, 0.05) is 23.8 Å². The van der Waals surface area contributed by atoms with Crippen molar-refractivity contribution in [1.29, 1.82) is 5.26 Å². The van der Waals surface area contributed by atoms with Crippen LogP contribution in [0.3, 0.4) is 0 Å². The predicted molar refractivity (Wildman–Crippen MR) is 116 cm³/mol. The van der Waals surface area contributed by atoms with E-state index in [1.54, 1.807) is 42.8 Å². The third-order valence-electron chi connectivity index (χ3n) is 4.47. The summed E-state index contributed by atoms with van der Waals surface area (Å²) in [6, 6.07) is 15.7. The Labute approximate surface area is 172 Å². The number of amides is 1. The molecule has 2 N–H and O–H groups in total. The number of likely N-dealkylation sites (N-methyl/N-ethyl adjacent to an activating group) is 1. The second-order valence-corrected chi connectivity index (χ2v) is 8.22. The molecule has 0 spiro atoms. The fourth-order valence-corrected chi connectivity index (χ4v) is 4.66. The van der Waals surface area contributed by atoms with Crippen molar-refractivity contribution in [3.63, 3.8) is 0 Å². The van der Waals surface area contributed by atoms with Gasteiger partial charge >= 0.3 is 0 Å².